The van der Waals surface area contributed by atoms with E-state index in [1.54, 1.807) is 11.3 Å². The Hall–Kier alpha value is -1.13. The molecule has 1 unspecified atom stereocenters. The number of hydrogen-bond donors (Lipinski definition) is 1. The molecule has 2 N–H and O–H groups in total. The zero-order valence-corrected chi connectivity index (χ0v) is 11.4. The summed E-state index contributed by atoms with van der Waals surface area (Å²) in [5.74, 6) is 0. The van der Waals surface area contributed by atoms with Crippen molar-refractivity contribution in [3.63, 3.8) is 0 Å². The van der Waals surface area contributed by atoms with E-state index < -0.39 is 0 Å². The molecule has 0 amide bonds. The minimum Gasteiger partial charge on any atom is -0.327 e. The van der Waals surface area contributed by atoms with Gasteiger partial charge in [-0.05, 0) is 43.7 Å². The third-order valence-corrected chi connectivity index (χ3v) is 4.07. The van der Waals surface area contributed by atoms with Crippen LogP contribution in [-0.4, -0.2) is 15.8 Å². The summed E-state index contributed by atoms with van der Waals surface area (Å²) >= 11 is 1.77. The first kappa shape index (κ1) is 12.3. The Kier molecular flexibility index (Phi) is 3.64. The molecule has 4 heteroatoms. The number of rotatable bonds is 4. The molecule has 0 saturated heterocycles. The van der Waals surface area contributed by atoms with Crippen LogP contribution in [0, 0.1) is 13.8 Å². The lowest BCUT2D eigenvalue weighted by atomic mass is 10.0. The monoisotopic (exact) mass is 249 g/mol. The van der Waals surface area contributed by atoms with E-state index in [1.165, 1.54) is 16.1 Å². The number of aromatic nitrogens is 2. The van der Waals surface area contributed by atoms with E-state index in [4.69, 9.17) is 5.73 Å². The van der Waals surface area contributed by atoms with E-state index in [0.29, 0.717) is 0 Å². The Labute approximate surface area is 106 Å². The quantitative estimate of drug-likeness (QED) is 0.903. The second-order valence-electron chi connectivity index (χ2n) is 4.52. The number of thiophene rings is 1. The van der Waals surface area contributed by atoms with Crippen LogP contribution in [0.15, 0.2) is 17.5 Å². The van der Waals surface area contributed by atoms with E-state index in [1.807, 2.05) is 11.7 Å². The fraction of sp³-hybridized carbons (Fsp3) is 0.462. The summed E-state index contributed by atoms with van der Waals surface area (Å²) < 4.78 is 1.93. The molecule has 0 aliphatic heterocycles. The third-order valence-electron chi connectivity index (χ3n) is 3.17. The second-order valence-corrected chi connectivity index (χ2v) is 5.55. The molecule has 2 aromatic rings. The minimum absolute atomic E-state index is 0.176. The smallest absolute Gasteiger partial charge is 0.0628 e. The average Bonchev–Trinajstić information content (AvgIpc) is 2.83. The SMILES string of the molecule is Cc1nn(C)c(C)c1CC(N)Cc1cccs1. The zero-order chi connectivity index (χ0) is 12.4. The summed E-state index contributed by atoms with van der Waals surface area (Å²) in [6, 6.07) is 4.40. The van der Waals surface area contributed by atoms with Crippen LogP contribution < -0.4 is 5.73 Å². The van der Waals surface area contributed by atoms with Crippen LogP contribution in [-0.2, 0) is 19.9 Å². The van der Waals surface area contributed by atoms with Crippen molar-refractivity contribution in [3.8, 4) is 0 Å². The lowest BCUT2D eigenvalue weighted by molar-refractivity contribution is 0.664. The highest BCUT2D eigenvalue weighted by molar-refractivity contribution is 7.09. The molecule has 0 saturated carbocycles. The van der Waals surface area contributed by atoms with Gasteiger partial charge in [0.2, 0.25) is 0 Å². The van der Waals surface area contributed by atoms with Gasteiger partial charge in [0.25, 0.3) is 0 Å². The molecule has 2 aromatic heterocycles. The van der Waals surface area contributed by atoms with Gasteiger partial charge in [0.1, 0.15) is 0 Å². The summed E-state index contributed by atoms with van der Waals surface area (Å²) in [5, 5.41) is 6.52. The van der Waals surface area contributed by atoms with Crippen molar-refractivity contribution in [2.24, 2.45) is 12.8 Å². The average molecular weight is 249 g/mol. The molecule has 1 atom stereocenters. The first-order valence-corrected chi connectivity index (χ1v) is 6.73. The van der Waals surface area contributed by atoms with Gasteiger partial charge in [0, 0.05) is 23.7 Å². The fourth-order valence-electron chi connectivity index (χ4n) is 2.13. The summed E-state index contributed by atoms with van der Waals surface area (Å²) in [6.07, 6.45) is 1.86. The van der Waals surface area contributed by atoms with Crippen LogP contribution in [0.5, 0.6) is 0 Å². The highest BCUT2D eigenvalue weighted by atomic mass is 32.1. The Morgan fingerprint density at radius 3 is 2.71 bits per heavy atom. The van der Waals surface area contributed by atoms with Crippen LogP contribution >= 0.6 is 11.3 Å². The number of hydrogen-bond acceptors (Lipinski definition) is 3. The first-order valence-electron chi connectivity index (χ1n) is 5.85. The summed E-state index contributed by atoms with van der Waals surface area (Å²) in [4.78, 5) is 1.36. The van der Waals surface area contributed by atoms with Gasteiger partial charge >= 0.3 is 0 Å². The lowest BCUT2D eigenvalue weighted by Gasteiger charge is -2.10. The predicted octanol–water partition coefficient (Wildman–Crippen LogP) is 2.21. The molecule has 0 aliphatic rings. The van der Waals surface area contributed by atoms with Gasteiger partial charge in [-0.2, -0.15) is 5.10 Å². The lowest BCUT2D eigenvalue weighted by Crippen LogP contribution is -2.25. The molecule has 0 spiro atoms. The van der Waals surface area contributed by atoms with Gasteiger partial charge in [-0.3, -0.25) is 4.68 Å². The number of nitrogens with two attached hydrogens (primary N) is 1. The van der Waals surface area contributed by atoms with Gasteiger partial charge in [0.05, 0.1) is 5.69 Å². The first-order chi connectivity index (χ1) is 8.08. The van der Waals surface area contributed by atoms with Gasteiger partial charge in [0.15, 0.2) is 0 Å². The summed E-state index contributed by atoms with van der Waals surface area (Å²) in [7, 11) is 1.98. The Morgan fingerprint density at radius 1 is 1.41 bits per heavy atom. The van der Waals surface area contributed by atoms with Crippen LogP contribution in [0.2, 0.25) is 0 Å². The molecule has 92 valence electrons. The van der Waals surface area contributed by atoms with Crippen LogP contribution in [0.25, 0.3) is 0 Å². The maximum absolute atomic E-state index is 6.21. The highest BCUT2D eigenvalue weighted by Crippen LogP contribution is 2.17. The standard InChI is InChI=1S/C13H19N3S/c1-9-13(10(2)16(3)15-9)8-11(14)7-12-5-4-6-17-12/h4-6,11H,7-8,14H2,1-3H3. The third kappa shape index (κ3) is 2.76. The van der Waals surface area contributed by atoms with Crippen molar-refractivity contribution < 1.29 is 0 Å². The van der Waals surface area contributed by atoms with E-state index in [2.05, 4.69) is 36.5 Å². The van der Waals surface area contributed by atoms with Crippen molar-refractivity contribution >= 4 is 11.3 Å². The van der Waals surface area contributed by atoms with Crippen molar-refractivity contribution in [2.45, 2.75) is 32.7 Å². The van der Waals surface area contributed by atoms with E-state index in [9.17, 15) is 0 Å². The largest absolute Gasteiger partial charge is 0.327 e. The molecule has 17 heavy (non-hydrogen) atoms. The van der Waals surface area contributed by atoms with Crippen molar-refractivity contribution in [2.75, 3.05) is 0 Å². The van der Waals surface area contributed by atoms with Crippen molar-refractivity contribution in [1.82, 2.24) is 9.78 Å². The molecular formula is C13H19N3S. The van der Waals surface area contributed by atoms with Gasteiger partial charge in [-0.25, -0.2) is 0 Å². The van der Waals surface area contributed by atoms with Gasteiger partial charge in [-0.1, -0.05) is 6.07 Å². The Morgan fingerprint density at radius 2 is 2.18 bits per heavy atom. The minimum atomic E-state index is 0.176. The van der Waals surface area contributed by atoms with Crippen LogP contribution in [0.3, 0.4) is 0 Å². The van der Waals surface area contributed by atoms with Gasteiger partial charge in [-0.15, -0.1) is 11.3 Å². The molecule has 2 heterocycles. The molecular weight excluding hydrogens is 230 g/mol. The summed E-state index contributed by atoms with van der Waals surface area (Å²) in [5.41, 5.74) is 9.85. The number of nitrogens with zero attached hydrogens (tertiary/aromatic N) is 2. The number of aryl methyl sites for hydroxylation is 2. The molecule has 0 bridgehead atoms. The highest BCUT2D eigenvalue weighted by Gasteiger charge is 2.13. The maximum atomic E-state index is 6.21. The van der Waals surface area contributed by atoms with Crippen LogP contribution in [0.4, 0.5) is 0 Å². The molecule has 0 aliphatic carbocycles. The van der Waals surface area contributed by atoms with E-state index in [-0.39, 0.29) is 6.04 Å². The molecule has 0 radical (unpaired) electrons. The molecule has 0 fully saturated rings. The summed E-state index contributed by atoms with van der Waals surface area (Å²) in [6.45, 7) is 4.16. The molecule has 2 rings (SSSR count). The van der Waals surface area contributed by atoms with Crippen LogP contribution in [0.1, 0.15) is 21.8 Å². The Bertz CT molecular complexity index is 485. The van der Waals surface area contributed by atoms with Crippen molar-refractivity contribution in [3.05, 3.63) is 39.3 Å². The van der Waals surface area contributed by atoms with E-state index in [0.717, 1.165) is 18.5 Å². The predicted molar refractivity (Wildman–Crippen MR) is 72.4 cm³/mol. The maximum Gasteiger partial charge on any atom is 0.0628 e. The zero-order valence-electron chi connectivity index (χ0n) is 10.6. The molecule has 0 aromatic carbocycles. The van der Waals surface area contributed by atoms with Crippen molar-refractivity contribution in [1.29, 1.82) is 0 Å². The fourth-order valence-corrected chi connectivity index (χ4v) is 2.93. The topological polar surface area (TPSA) is 43.8 Å². The Balaban J connectivity index is 2.05. The van der Waals surface area contributed by atoms with E-state index >= 15 is 0 Å². The molecule has 3 nitrogen and oxygen atoms in total. The van der Waals surface area contributed by atoms with Gasteiger partial charge < -0.3 is 5.73 Å². The normalized spacial score (nSPS) is 12.9. The second kappa shape index (κ2) is 5.02.